The zero-order valence-electron chi connectivity index (χ0n) is 11.4. The van der Waals surface area contributed by atoms with E-state index in [1.165, 1.54) is 0 Å². The fourth-order valence-corrected chi connectivity index (χ4v) is 2.33. The first-order chi connectivity index (χ1) is 9.87. The Kier molecular flexibility index (Phi) is 4.72. The number of alkyl halides is 3. The molecule has 1 aromatic carbocycles. The van der Waals surface area contributed by atoms with Gasteiger partial charge in [0.25, 0.3) is 0 Å². The summed E-state index contributed by atoms with van der Waals surface area (Å²) in [5, 5.41) is 0. The van der Waals surface area contributed by atoms with Gasteiger partial charge in [0.1, 0.15) is 6.61 Å². The predicted octanol–water partition coefficient (Wildman–Crippen LogP) is 2.12. The summed E-state index contributed by atoms with van der Waals surface area (Å²) in [4.78, 5) is 13.6. The second kappa shape index (κ2) is 6.34. The van der Waals surface area contributed by atoms with Crippen LogP contribution in [0, 0.1) is 0 Å². The molecule has 0 radical (unpaired) electrons. The predicted molar refractivity (Wildman–Crippen MR) is 71.5 cm³/mol. The molecule has 0 saturated heterocycles. The molecule has 0 aliphatic carbocycles. The first-order valence-corrected chi connectivity index (χ1v) is 6.65. The highest BCUT2D eigenvalue weighted by atomic mass is 19.4. The van der Waals surface area contributed by atoms with Gasteiger partial charge in [-0.05, 0) is 23.6 Å². The van der Waals surface area contributed by atoms with E-state index in [1.807, 2.05) is 12.1 Å². The molecule has 0 bridgehead atoms. The van der Waals surface area contributed by atoms with E-state index in [2.05, 4.69) is 4.74 Å². The minimum absolute atomic E-state index is 0.0574. The number of hydrogen-bond acceptors (Lipinski definition) is 3. The zero-order chi connectivity index (χ0) is 15.5. The van der Waals surface area contributed by atoms with Gasteiger partial charge in [-0.15, -0.1) is 0 Å². The Labute approximate surface area is 120 Å². The molecule has 7 heteroatoms. The second-order valence-electron chi connectivity index (χ2n) is 4.97. The van der Waals surface area contributed by atoms with E-state index >= 15 is 0 Å². The minimum Gasteiger partial charge on any atom is -0.398 e. The second-order valence-corrected chi connectivity index (χ2v) is 4.97. The average Bonchev–Trinajstić information content (AvgIpc) is 2.42. The Hall–Kier alpha value is -1.76. The smallest absolute Gasteiger partial charge is 0.398 e. The molecule has 0 spiro atoms. The third-order valence-electron chi connectivity index (χ3n) is 3.39. The number of amides is 1. The summed E-state index contributed by atoms with van der Waals surface area (Å²) in [5.74, 6) is -0.217. The van der Waals surface area contributed by atoms with Crippen LogP contribution in [-0.4, -0.2) is 36.7 Å². The van der Waals surface area contributed by atoms with E-state index in [0.29, 0.717) is 25.2 Å². The van der Waals surface area contributed by atoms with Crippen molar-refractivity contribution in [1.29, 1.82) is 0 Å². The number of fused-ring (bicyclic) bond motifs is 1. The molecule has 1 aliphatic rings. The Morgan fingerprint density at radius 2 is 2.14 bits per heavy atom. The lowest BCUT2D eigenvalue weighted by Crippen LogP contribution is -2.37. The molecule has 2 rings (SSSR count). The highest BCUT2D eigenvalue weighted by molar-refractivity contribution is 5.77. The van der Waals surface area contributed by atoms with Crippen molar-refractivity contribution in [3.8, 4) is 0 Å². The summed E-state index contributed by atoms with van der Waals surface area (Å²) in [7, 11) is 0. The molecule has 0 aromatic heterocycles. The maximum atomic E-state index is 12.0. The van der Waals surface area contributed by atoms with E-state index in [4.69, 9.17) is 5.73 Å². The van der Waals surface area contributed by atoms with E-state index < -0.39 is 12.8 Å². The molecule has 0 saturated carbocycles. The SMILES string of the molecule is Nc1cccc2c1CN(C(=O)CCOCC(F)(F)F)CC2. The van der Waals surface area contributed by atoms with Crippen LogP contribution in [0.2, 0.25) is 0 Å². The molecule has 0 atom stereocenters. The number of nitrogen functional groups attached to an aromatic ring is 1. The quantitative estimate of drug-likeness (QED) is 0.685. The summed E-state index contributed by atoms with van der Waals surface area (Å²) in [5.41, 5.74) is 8.57. The summed E-state index contributed by atoms with van der Waals surface area (Å²) in [6, 6.07) is 5.62. The molecular formula is C14H17F3N2O2. The van der Waals surface area contributed by atoms with Gasteiger partial charge in [0, 0.05) is 18.8 Å². The van der Waals surface area contributed by atoms with Crippen LogP contribution in [0.15, 0.2) is 18.2 Å². The van der Waals surface area contributed by atoms with Gasteiger partial charge in [0.2, 0.25) is 5.91 Å². The van der Waals surface area contributed by atoms with Gasteiger partial charge in [-0.1, -0.05) is 12.1 Å². The lowest BCUT2D eigenvalue weighted by Gasteiger charge is -2.29. The number of carbonyl (C=O) groups is 1. The molecule has 116 valence electrons. The molecule has 1 aromatic rings. The topological polar surface area (TPSA) is 55.6 Å². The van der Waals surface area contributed by atoms with Crippen molar-refractivity contribution in [3.05, 3.63) is 29.3 Å². The molecule has 1 heterocycles. The third-order valence-corrected chi connectivity index (χ3v) is 3.39. The largest absolute Gasteiger partial charge is 0.411 e. The number of nitrogens with two attached hydrogens (primary N) is 1. The zero-order valence-corrected chi connectivity index (χ0v) is 11.4. The highest BCUT2D eigenvalue weighted by Crippen LogP contribution is 2.24. The first-order valence-electron chi connectivity index (χ1n) is 6.65. The van der Waals surface area contributed by atoms with Crippen LogP contribution in [0.3, 0.4) is 0 Å². The van der Waals surface area contributed by atoms with Crippen LogP contribution in [-0.2, 0) is 22.5 Å². The highest BCUT2D eigenvalue weighted by Gasteiger charge is 2.28. The minimum atomic E-state index is -4.36. The molecule has 0 unspecified atom stereocenters. The molecule has 1 amide bonds. The lowest BCUT2D eigenvalue weighted by atomic mass is 9.98. The van der Waals surface area contributed by atoms with Crippen molar-refractivity contribution >= 4 is 11.6 Å². The van der Waals surface area contributed by atoms with Gasteiger partial charge >= 0.3 is 6.18 Å². The fourth-order valence-electron chi connectivity index (χ4n) is 2.33. The van der Waals surface area contributed by atoms with Gasteiger partial charge < -0.3 is 15.4 Å². The van der Waals surface area contributed by atoms with Crippen LogP contribution in [0.4, 0.5) is 18.9 Å². The van der Waals surface area contributed by atoms with E-state index in [1.54, 1.807) is 11.0 Å². The van der Waals surface area contributed by atoms with Crippen molar-refractivity contribution in [1.82, 2.24) is 4.90 Å². The molecule has 1 aliphatic heterocycles. The number of rotatable bonds is 4. The fraction of sp³-hybridized carbons (Fsp3) is 0.500. The van der Waals surface area contributed by atoms with Gasteiger partial charge in [-0.3, -0.25) is 4.79 Å². The maximum Gasteiger partial charge on any atom is 0.411 e. The van der Waals surface area contributed by atoms with Gasteiger partial charge in [0.15, 0.2) is 0 Å². The van der Waals surface area contributed by atoms with Gasteiger partial charge in [0.05, 0.1) is 13.0 Å². The maximum absolute atomic E-state index is 12.0. The number of anilines is 1. The molecule has 2 N–H and O–H groups in total. The average molecular weight is 302 g/mol. The lowest BCUT2D eigenvalue weighted by molar-refractivity contribution is -0.175. The molecule has 4 nitrogen and oxygen atoms in total. The van der Waals surface area contributed by atoms with E-state index in [-0.39, 0.29) is 18.9 Å². The summed E-state index contributed by atoms with van der Waals surface area (Å²) in [6.45, 7) is -0.600. The Balaban J connectivity index is 1.84. The van der Waals surface area contributed by atoms with Gasteiger partial charge in [-0.25, -0.2) is 0 Å². The van der Waals surface area contributed by atoms with E-state index in [9.17, 15) is 18.0 Å². The van der Waals surface area contributed by atoms with Crippen molar-refractivity contribution in [2.24, 2.45) is 0 Å². The number of halogens is 3. The van der Waals surface area contributed by atoms with Crippen molar-refractivity contribution in [2.75, 3.05) is 25.5 Å². The summed E-state index contributed by atoms with van der Waals surface area (Å²) >= 11 is 0. The molecule has 0 fully saturated rings. The first kappa shape index (κ1) is 15.6. The van der Waals surface area contributed by atoms with Crippen LogP contribution in [0.25, 0.3) is 0 Å². The van der Waals surface area contributed by atoms with Crippen molar-refractivity contribution < 1.29 is 22.7 Å². The Morgan fingerprint density at radius 1 is 1.38 bits per heavy atom. The number of hydrogen-bond donors (Lipinski definition) is 1. The third kappa shape index (κ3) is 4.35. The number of ether oxygens (including phenoxy) is 1. The van der Waals surface area contributed by atoms with Crippen LogP contribution >= 0.6 is 0 Å². The summed E-state index contributed by atoms with van der Waals surface area (Å²) in [6.07, 6.45) is -3.71. The molecular weight excluding hydrogens is 285 g/mol. The van der Waals surface area contributed by atoms with E-state index in [0.717, 1.165) is 11.1 Å². The van der Waals surface area contributed by atoms with Crippen molar-refractivity contribution in [3.63, 3.8) is 0 Å². The normalized spacial score (nSPS) is 14.9. The standard InChI is InChI=1S/C14H17F3N2O2/c15-14(16,17)9-21-7-5-13(20)19-6-4-10-2-1-3-12(18)11(10)8-19/h1-3H,4-9,18H2. The number of benzene rings is 1. The monoisotopic (exact) mass is 302 g/mol. The summed E-state index contributed by atoms with van der Waals surface area (Å²) < 4.78 is 40.2. The number of nitrogens with zero attached hydrogens (tertiary/aromatic N) is 1. The Bertz CT molecular complexity index is 517. The Morgan fingerprint density at radius 3 is 2.86 bits per heavy atom. The number of carbonyl (C=O) groups excluding carboxylic acids is 1. The molecule has 21 heavy (non-hydrogen) atoms. The van der Waals surface area contributed by atoms with Crippen LogP contribution < -0.4 is 5.73 Å². The van der Waals surface area contributed by atoms with Crippen molar-refractivity contribution in [2.45, 2.75) is 25.6 Å². The van der Waals surface area contributed by atoms with Crippen LogP contribution in [0.5, 0.6) is 0 Å². The van der Waals surface area contributed by atoms with Gasteiger partial charge in [-0.2, -0.15) is 13.2 Å². The van der Waals surface area contributed by atoms with Crippen LogP contribution in [0.1, 0.15) is 17.5 Å².